The highest BCUT2D eigenvalue weighted by Crippen LogP contribution is 2.32. The standard InChI is InChI=1S/C13H24ClN3O3/c1-13(2,3)10-9(16-11(18)15-7-6-14)5-4-8-17(10)12(19)20/h9-10H,4-8H2,1-3H3,(H,19,20)(H2,15,16,18)/t9-,10?/m1/s1. The largest absolute Gasteiger partial charge is 0.465 e. The maximum absolute atomic E-state index is 11.8. The zero-order valence-corrected chi connectivity index (χ0v) is 13.0. The van der Waals surface area contributed by atoms with Crippen molar-refractivity contribution in [3.63, 3.8) is 0 Å². The molecular formula is C13H24ClN3O3. The van der Waals surface area contributed by atoms with Gasteiger partial charge >= 0.3 is 12.1 Å². The lowest BCUT2D eigenvalue weighted by atomic mass is 9.77. The first-order chi connectivity index (χ1) is 9.27. The number of nitrogens with one attached hydrogen (secondary N) is 2. The molecule has 20 heavy (non-hydrogen) atoms. The molecule has 0 saturated carbocycles. The lowest BCUT2D eigenvalue weighted by Crippen LogP contribution is -2.62. The van der Waals surface area contributed by atoms with Crippen molar-refractivity contribution in [2.24, 2.45) is 5.41 Å². The van der Waals surface area contributed by atoms with Crippen molar-refractivity contribution in [1.29, 1.82) is 0 Å². The summed E-state index contributed by atoms with van der Waals surface area (Å²) in [6, 6.07) is -0.720. The van der Waals surface area contributed by atoms with Gasteiger partial charge in [-0.15, -0.1) is 11.6 Å². The number of amides is 3. The van der Waals surface area contributed by atoms with Crippen LogP contribution in [0.3, 0.4) is 0 Å². The molecule has 0 radical (unpaired) electrons. The number of nitrogens with zero attached hydrogens (tertiary/aromatic N) is 1. The minimum absolute atomic E-state index is 0.185. The molecule has 1 fully saturated rings. The summed E-state index contributed by atoms with van der Waals surface area (Å²) in [4.78, 5) is 24.6. The van der Waals surface area contributed by atoms with Gasteiger partial charge in [-0.25, -0.2) is 9.59 Å². The van der Waals surface area contributed by atoms with Gasteiger partial charge in [-0.2, -0.15) is 0 Å². The summed E-state index contributed by atoms with van der Waals surface area (Å²) in [5.41, 5.74) is -0.247. The smallest absolute Gasteiger partial charge is 0.407 e. The molecule has 3 amide bonds. The van der Waals surface area contributed by atoms with Crippen molar-refractivity contribution in [2.45, 2.75) is 45.7 Å². The maximum Gasteiger partial charge on any atom is 0.407 e. The van der Waals surface area contributed by atoms with Crippen LogP contribution in [0.5, 0.6) is 0 Å². The molecule has 0 bridgehead atoms. The molecule has 1 aliphatic heterocycles. The maximum atomic E-state index is 11.8. The van der Waals surface area contributed by atoms with E-state index in [4.69, 9.17) is 11.6 Å². The predicted molar refractivity (Wildman–Crippen MR) is 78.3 cm³/mol. The molecule has 0 spiro atoms. The van der Waals surface area contributed by atoms with E-state index in [-0.39, 0.29) is 23.5 Å². The van der Waals surface area contributed by atoms with E-state index in [0.29, 0.717) is 19.0 Å². The minimum atomic E-state index is -0.933. The Morgan fingerprint density at radius 1 is 1.40 bits per heavy atom. The van der Waals surface area contributed by atoms with Gasteiger partial charge in [0.25, 0.3) is 0 Å². The normalized spacial score (nSPS) is 23.3. The van der Waals surface area contributed by atoms with E-state index in [1.807, 2.05) is 20.8 Å². The van der Waals surface area contributed by atoms with Crippen molar-refractivity contribution >= 4 is 23.7 Å². The van der Waals surface area contributed by atoms with Gasteiger partial charge in [0.05, 0.1) is 12.1 Å². The second kappa shape index (κ2) is 7.02. The Kier molecular flexibility index (Phi) is 5.92. The van der Waals surface area contributed by atoms with Gasteiger partial charge in [0.2, 0.25) is 0 Å². The third-order valence-corrected chi connectivity index (χ3v) is 3.65. The van der Waals surface area contributed by atoms with Crippen LogP contribution in [-0.4, -0.2) is 53.2 Å². The van der Waals surface area contributed by atoms with Gasteiger partial charge in [-0.1, -0.05) is 20.8 Å². The molecule has 1 unspecified atom stereocenters. The molecule has 1 heterocycles. The molecule has 116 valence electrons. The third-order valence-electron chi connectivity index (χ3n) is 3.46. The fourth-order valence-corrected chi connectivity index (χ4v) is 2.91. The molecule has 7 heteroatoms. The molecule has 0 aromatic rings. The molecule has 1 aliphatic rings. The Balaban J connectivity index is 2.80. The van der Waals surface area contributed by atoms with Crippen LogP contribution in [0.4, 0.5) is 9.59 Å². The Morgan fingerprint density at radius 2 is 2.05 bits per heavy atom. The molecule has 3 N–H and O–H groups in total. The Morgan fingerprint density at radius 3 is 2.55 bits per heavy atom. The number of likely N-dealkylation sites (tertiary alicyclic amines) is 1. The van der Waals surface area contributed by atoms with Gasteiger partial charge in [-0.05, 0) is 18.3 Å². The second-order valence-electron chi connectivity index (χ2n) is 6.12. The highest BCUT2D eigenvalue weighted by Gasteiger charge is 2.42. The number of rotatable bonds is 3. The number of hydrogen-bond acceptors (Lipinski definition) is 2. The zero-order chi connectivity index (χ0) is 15.3. The van der Waals surface area contributed by atoms with Gasteiger partial charge in [0, 0.05) is 19.0 Å². The highest BCUT2D eigenvalue weighted by molar-refractivity contribution is 6.18. The van der Waals surface area contributed by atoms with E-state index in [1.54, 1.807) is 0 Å². The monoisotopic (exact) mass is 305 g/mol. The second-order valence-corrected chi connectivity index (χ2v) is 6.50. The van der Waals surface area contributed by atoms with Crippen LogP contribution < -0.4 is 10.6 Å². The molecule has 6 nitrogen and oxygen atoms in total. The van der Waals surface area contributed by atoms with Crippen LogP contribution in [0.1, 0.15) is 33.6 Å². The van der Waals surface area contributed by atoms with Crippen molar-refractivity contribution in [3.05, 3.63) is 0 Å². The molecule has 0 aliphatic carbocycles. The van der Waals surface area contributed by atoms with Crippen LogP contribution in [0, 0.1) is 5.41 Å². The lowest BCUT2D eigenvalue weighted by Gasteiger charge is -2.46. The summed E-state index contributed by atoms with van der Waals surface area (Å²) in [7, 11) is 0. The summed E-state index contributed by atoms with van der Waals surface area (Å²) in [5.74, 6) is 0.349. The van der Waals surface area contributed by atoms with Gasteiger partial charge in [0.15, 0.2) is 0 Å². The summed E-state index contributed by atoms with van der Waals surface area (Å²) in [6.45, 7) is 6.88. The number of halogens is 1. The van der Waals surface area contributed by atoms with Crippen molar-refractivity contribution in [1.82, 2.24) is 15.5 Å². The molecule has 1 rings (SSSR count). The van der Waals surface area contributed by atoms with E-state index in [9.17, 15) is 14.7 Å². The Bertz CT molecular complexity index is 357. The average Bonchev–Trinajstić information content (AvgIpc) is 2.34. The molecule has 1 saturated heterocycles. The highest BCUT2D eigenvalue weighted by atomic mass is 35.5. The van der Waals surface area contributed by atoms with Gasteiger partial charge in [-0.3, -0.25) is 0 Å². The number of alkyl halides is 1. The summed E-state index contributed by atoms with van der Waals surface area (Å²) in [6.07, 6.45) is 0.594. The Labute approximate surface area is 124 Å². The number of urea groups is 1. The van der Waals surface area contributed by atoms with E-state index in [1.165, 1.54) is 4.90 Å². The lowest BCUT2D eigenvalue weighted by molar-refractivity contribution is 0.0403. The fraction of sp³-hybridized carbons (Fsp3) is 0.846. The SMILES string of the molecule is CC(C)(C)C1[C@H](NC(=O)NCCCl)CCCN1C(=O)O. The first-order valence-electron chi connectivity index (χ1n) is 6.87. The summed E-state index contributed by atoms with van der Waals surface area (Å²) >= 11 is 5.53. The van der Waals surface area contributed by atoms with E-state index >= 15 is 0 Å². The topological polar surface area (TPSA) is 81.7 Å². The van der Waals surface area contributed by atoms with E-state index in [2.05, 4.69) is 10.6 Å². The summed E-state index contributed by atoms with van der Waals surface area (Å²) < 4.78 is 0. The van der Waals surface area contributed by atoms with Crippen LogP contribution in [-0.2, 0) is 0 Å². The zero-order valence-electron chi connectivity index (χ0n) is 12.3. The average molecular weight is 306 g/mol. The molecule has 0 aromatic heterocycles. The first-order valence-corrected chi connectivity index (χ1v) is 7.40. The van der Waals surface area contributed by atoms with Crippen LogP contribution in [0.2, 0.25) is 0 Å². The van der Waals surface area contributed by atoms with Crippen LogP contribution in [0.25, 0.3) is 0 Å². The predicted octanol–water partition coefficient (Wildman–Crippen LogP) is 2.08. The van der Waals surface area contributed by atoms with Crippen molar-refractivity contribution in [3.8, 4) is 0 Å². The molecule has 2 atom stereocenters. The number of piperidine rings is 1. The van der Waals surface area contributed by atoms with Gasteiger partial charge < -0.3 is 20.6 Å². The van der Waals surface area contributed by atoms with E-state index in [0.717, 1.165) is 12.8 Å². The number of carbonyl (C=O) groups is 2. The molecular weight excluding hydrogens is 282 g/mol. The Hall–Kier alpha value is -1.17. The third kappa shape index (κ3) is 4.44. The first kappa shape index (κ1) is 16.9. The van der Waals surface area contributed by atoms with E-state index < -0.39 is 6.09 Å². The number of hydrogen-bond donors (Lipinski definition) is 3. The molecule has 0 aromatic carbocycles. The number of carboxylic acid groups (broad SMARTS) is 1. The minimum Gasteiger partial charge on any atom is -0.465 e. The quantitative estimate of drug-likeness (QED) is 0.698. The summed E-state index contributed by atoms with van der Waals surface area (Å²) in [5, 5.41) is 14.9. The van der Waals surface area contributed by atoms with Crippen molar-refractivity contribution in [2.75, 3.05) is 19.0 Å². The van der Waals surface area contributed by atoms with Crippen LogP contribution in [0.15, 0.2) is 0 Å². The van der Waals surface area contributed by atoms with Gasteiger partial charge in [0.1, 0.15) is 0 Å². The van der Waals surface area contributed by atoms with Crippen LogP contribution >= 0.6 is 11.6 Å². The van der Waals surface area contributed by atoms with Crippen molar-refractivity contribution < 1.29 is 14.7 Å². The number of carbonyl (C=O) groups excluding carboxylic acids is 1. The fourth-order valence-electron chi connectivity index (χ4n) is 2.81.